The second-order valence-corrected chi connectivity index (χ2v) is 5.99. The number of nitrogens with zero attached hydrogens (tertiary/aromatic N) is 1. The van der Waals surface area contributed by atoms with Crippen LogP contribution in [0.25, 0.3) is 0 Å². The van der Waals surface area contributed by atoms with E-state index in [-0.39, 0.29) is 29.0 Å². The van der Waals surface area contributed by atoms with Gasteiger partial charge in [0.25, 0.3) is 11.8 Å². The number of carbonyl (C=O) groups excluding carboxylic acids is 3. The number of carbonyl (C=O) groups is 3. The van der Waals surface area contributed by atoms with Crippen LogP contribution in [0.15, 0.2) is 42.5 Å². The first-order valence-electron chi connectivity index (χ1n) is 8.00. The average Bonchev–Trinajstić information content (AvgIpc) is 2.86. The summed E-state index contributed by atoms with van der Waals surface area (Å²) < 4.78 is 4.80. The molecular weight excluding hydrogens is 338 g/mol. The molecule has 0 saturated heterocycles. The molecule has 2 N–H and O–H groups in total. The number of benzene rings is 2. The topological polar surface area (TPSA) is 104 Å². The largest absolute Gasteiger partial charge is 0.507 e. The van der Waals surface area contributed by atoms with Gasteiger partial charge in [-0.3, -0.25) is 9.59 Å². The number of hydrogen-bond acceptors (Lipinski definition) is 6. The fraction of sp³-hybridized carbons (Fsp3) is 0.211. The highest BCUT2D eigenvalue weighted by Gasteiger charge is 2.39. The number of hydrogen-bond donors (Lipinski definition) is 2. The van der Waals surface area contributed by atoms with E-state index in [4.69, 9.17) is 4.74 Å². The molecule has 1 aliphatic rings. The van der Waals surface area contributed by atoms with Crippen LogP contribution in [0, 0.1) is 0 Å². The maximum absolute atomic E-state index is 12.5. The number of aliphatic hydroxyl groups is 1. The van der Waals surface area contributed by atoms with Crippen LogP contribution in [0.2, 0.25) is 0 Å². The summed E-state index contributed by atoms with van der Waals surface area (Å²) in [5.41, 5.74) is -1.46. The van der Waals surface area contributed by atoms with Gasteiger partial charge in [-0.05, 0) is 38.1 Å². The Bertz CT molecular complexity index is 883. The summed E-state index contributed by atoms with van der Waals surface area (Å²) >= 11 is 0. The number of rotatable bonds is 4. The summed E-state index contributed by atoms with van der Waals surface area (Å²) in [6.45, 7) is 2.86. The number of phenolic OH excluding ortho intramolecular Hbond substituents is 1. The fourth-order valence-corrected chi connectivity index (χ4v) is 2.88. The van der Waals surface area contributed by atoms with Crippen LogP contribution in [-0.2, 0) is 15.1 Å². The predicted molar refractivity (Wildman–Crippen MR) is 91.9 cm³/mol. The van der Waals surface area contributed by atoms with Gasteiger partial charge in [0.2, 0.25) is 0 Å². The van der Waals surface area contributed by atoms with E-state index in [1.165, 1.54) is 19.1 Å². The molecule has 0 bridgehead atoms. The Morgan fingerprint density at radius 3 is 2.19 bits per heavy atom. The lowest BCUT2D eigenvalue weighted by molar-refractivity contribution is -0.164. The third-order valence-corrected chi connectivity index (χ3v) is 4.23. The molecule has 0 aliphatic carbocycles. The van der Waals surface area contributed by atoms with Crippen molar-refractivity contribution in [3.63, 3.8) is 0 Å². The lowest BCUT2D eigenvalue weighted by atomic mass is 9.94. The van der Waals surface area contributed by atoms with Crippen molar-refractivity contribution in [1.29, 1.82) is 0 Å². The van der Waals surface area contributed by atoms with E-state index >= 15 is 0 Å². The van der Waals surface area contributed by atoms with Crippen LogP contribution >= 0.6 is 0 Å². The number of imide groups is 1. The number of fused-ring (bicyclic) bond motifs is 1. The Morgan fingerprint density at radius 1 is 1.12 bits per heavy atom. The molecule has 0 saturated carbocycles. The molecule has 0 fully saturated rings. The molecule has 2 amide bonds. The molecule has 2 aromatic rings. The third-order valence-electron chi connectivity index (χ3n) is 4.23. The Kier molecular flexibility index (Phi) is 4.25. The van der Waals surface area contributed by atoms with Gasteiger partial charge in [0.1, 0.15) is 5.75 Å². The van der Waals surface area contributed by atoms with Crippen LogP contribution < -0.4 is 4.90 Å². The van der Waals surface area contributed by atoms with Gasteiger partial charge in [-0.25, -0.2) is 9.69 Å². The lowest BCUT2D eigenvalue weighted by Crippen LogP contribution is -2.34. The Balaban J connectivity index is 1.98. The molecular formula is C19H17NO6. The summed E-state index contributed by atoms with van der Waals surface area (Å²) in [5, 5.41) is 20.7. The first-order chi connectivity index (χ1) is 12.3. The molecule has 7 nitrogen and oxygen atoms in total. The van der Waals surface area contributed by atoms with Crippen LogP contribution in [0.4, 0.5) is 5.69 Å². The molecule has 0 radical (unpaired) electrons. The van der Waals surface area contributed by atoms with E-state index in [0.29, 0.717) is 0 Å². The Morgan fingerprint density at radius 2 is 1.69 bits per heavy atom. The molecule has 1 heterocycles. The normalized spacial score (nSPS) is 15.6. The molecule has 1 unspecified atom stereocenters. The summed E-state index contributed by atoms with van der Waals surface area (Å²) in [4.78, 5) is 37.8. The lowest BCUT2D eigenvalue weighted by Gasteiger charge is -2.23. The van der Waals surface area contributed by atoms with E-state index in [2.05, 4.69) is 0 Å². The summed E-state index contributed by atoms with van der Waals surface area (Å²) in [6, 6.07) is 10.2. The standard InChI is InChI=1S/C19H17NO6/c1-3-26-18(24)19(2,25)14-9-8-11(10-15(14)21)20-16(22)12-6-4-5-7-13(12)17(20)23/h4-10,21,25H,3H2,1-2H3. The van der Waals surface area contributed by atoms with Gasteiger partial charge in [-0.2, -0.15) is 0 Å². The number of phenols is 1. The zero-order valence-electron chi connectivity index (χ0n) is 14.2. The van der Waals surface area contributed by atoms with E-state index in [1.807, 2.05) is 0 Å². The Labute approximate surface area is 149 Å². The maximum atomic E-state index is 12.5. The van der Waals surface area contributed by atoms with Crippen molar-refractivity contribution in [2.75, 3.05) is 11.5 Å². The molecule has 7 heteroatoms. The van der Waals surface area contributed by atoms with Crippen molar-refractivity contribution in [2.24, 2.45) is 0 Å². The predicted octanol–water partition coefficient (Wildman–Crippen LogP) is 1.96. The van der Waals surface area contributed by atoms with Gasteiger partial charge in [-0.15, -0.1) is 0 Å². The van der Waals surface area contributed by atoms with Gasteiger partial charge in [0, 0.05) is 11.6 Å². The zero-order valence-corrected chi connectivity index (χ0v) is 14.2. The summed E-state index contributed by atoms with van der Waals surface area (Å²) in [6.07, 6.45) is 0. The van der Waals surface area contributed by atoms with Crippen molar-refractivity contribution >= 4 is 23.5 Å². The minimum absolute atomic E-state index is 0.0723. The highest BCUT2D eigenvalue weighted by Crippen LogP contribution is 2.36. The van der Waals surface area contributed by atoms with Crippen LogP contribution in [0.3, 0.4) is 0 Å². The number of amides is 2. The van der Waals surface area contributed by atoms with Crippen LogP contribution in [-0.4, -0.2) is 34.6 Å². The van der Waals surface area contributed by atoms with Crippen molar-refractivity contribution in [2.45, 2.75) is 19.4 Å². The van der Waals surface area contributed by atoms with Crippen molar-refractivity contribution in [3.8, 4) is 5.75 Å². The summed E-state index contributed by atoms with van der Waals surface area (Å²) in [5.74, 6) is -2.36. The molecule has 134 valence electrons. The van der Waals surface area contributed by atoms with Crippen LogP contribution in [0.5, 0.6) is 5.75 Å². The SMILES string of the molecule is CCOC(=O)C(C)(O)c1ccc(N2C(=O)c3ccccc3C2=O)cc1O. The maximum Gasteiger partial charge on any atom is 0.342 e. The van der Waals surface area contributed by atoms with Gasteiger partial charge >= 0.3 is 5.97 Å². The molecule has 2 aromatic carbocycles. The quantitative estimate of drug-likeness (QED) is 0.642. The average molecular weight is 355 g/mol. The highest BCUT2D eigenvalue weighted by molar-refractivity contribution is 6.34. The van der Waals surface area contributed by atoms with Crippen molar-refractivity contribution in [3.05, 3.63) is 59.2 Å². The van der Waals surface area contributed by atoms with Crippen molar-refractivity contribution in [1.82, 2.24) is 0 Å². The first kappa shape index (κ1) is 17.6. The second-order valence-electron chi connectivity index (χ2n) is 5.99. The number of ether oxygens (including phenoxy) is 1. The molecule has 26 heavy (non-hydrogen) atoms. The zero-order chi connectivity index (χ0) is 19.1. The number of esters is 1. The van der Waals surface area contributed by atoms with E-state index in [1.54, 1.807) is 31.2 Å². The molecule has 1 aliphatic heterocycles. The Hall–Kier alpha value is -3.19. The van der Waals surface area contributed by atoms with E-state index in [9.17, 15) is 24.6 Å². The smallest absolute Gasteiger partial charge is 0.342 e. The third kappa shape index (κ3) is 2.62. The monoisotopic (exact) mass is 355 g/mol. The minimum atomic E-state index is -2.07. The van der Waals surface area contributed by atoms with Gasteiger partial charge in [0.15, 0.2) is 5.60 Å². The molecule has 0 spiro atoms. The van der Waals surface area contributed by atoms with E-state index < -0.39 is 29.1 Å². The minimum Gasteiger partial charge on any atom is -0.507 e. The van der Waals surface area contributed by atoms with Gasteiger partial charge in [-0.1, -0.05) is 12.1 Å². The molecule has 1 atom stereocenters. The second kappa shape index (κ2) is 6.27. The van der Waals surface area contributed by atoms with Crippen LogP contribution in [0.1, 0.15) is 40.1 Å². The van der Waals surface area contributed by atoms with Crippen molar-refractivity contribution < 1.29 is 29.3 Å². The van der Waals surface area contributed by atoms with E-state index in [0.717, 1.165) is 11.0 Å². The molecule has 3 rings (SSSR count). The highest BCUT2D eigenvalue weighted by atomic mass is 16.5. The summed E-state index contributed by atoms with van der Waals surface area (Å²) in [7, 11) is 0. The fourth-order valence-electron chi connectivity index (χ4n) is 2.88. The van der Waals surface area contributed by atoms with Gasteiger partial charge < -0.3 is 14.9 Å². The molecule has 0 aromatic heterocycles. The number of aromatic hydroxyl groups is 1. The van der Waals surface area contributed by atoms with Gasteiger partial charge in [0.05, 0.1) is 23.4 Å². The first-order valence-corrected chi connectivity index (χ1v) is 8.00. The number of anilines is 1.